The molecule has 2 aromatic heterocycles. The van der Waals surface area contributed by atoms with E-state index in [0.29, 0.717) is 9.48 Å². The van der Waals surface area contributed by atoms with Crippen LogP contribution in [-0.2, 0) is 23.1 Å². The third-order valence-corrected chi connectivity index (χ3v) is 6.61. The van der Waals surface area contributed by atoms with Gasteiger partial charge in [0.25, 0.3) is 0 Å². The first-order chi connectivity index (χ1) is 8.92. The molecule has 0 aromatic carbocycles. The van der Waals surface area contributed by atoms with Crippen molar-refractivity contribution in [1.29, 1.82) is 0 Å². The molecule has 0 saturated heterocycles. The number of nitrogens with one attached hydrogen (secondary N) is 2. The molecule has 2 aromatic rings. The molecular formula is C9H10BrN3O3S3. The van der Waals surface area contributed by atoms with Crippen molar-refractivity contribution in [3.63, 3.8) is 0 Å². The normalized spacial score (nSPS) is 11.9. The molecule has 104 valence electrons. The molecule has 0 atom stereocenters. The van der Waals surface area contributed by atoms with Gasteiger partial charge in [0, 0.05) is 22.5 Å². The molecule has 0 fully saturated rings. The van der Waals surface area contributed by atoms with E-state index in [0.717, 1.165) is 16.2 Å². The number of thiazole rings is 1. The van der Waals surface area contributed by atoms with Crippen molar-refractivity contribution in [1.82, 2.24) is 9.71 Å². The molecule has 10 heteroatoms. The van der Waals surface area contributed by atoms with Gasteiger partial charge in [-0.1, -0.05) is 11.3 Å². The summed E-state index contributed by atoms with van der Waals surface area (Å²) < 4.78 is 27.1. The highest BCUT2D eigenvalue weighted by atomic mass is 79.9. The van der Waals surface area contributed by atoms with Gasteiger partial charge in [0.2, 0.25) is 10.0 Å². The Bertz CT molecular complexity index is 731. The van der Waals surface area contributed by atoms with E-state index in [1.807, 2.05) is 0 Å². The number of aromatic amines is 1. The molecule has 0 amide bonds. The van der Waals surface area contributed by atoms with Crippen molar-refractivity contribution in [2.75, 3.05) is 0 Å². The van der Waals surface area contributed by atoms with Crippen LogP contribution in [0, 0.1) is 0 Å². The van der Waals surface area contributed by atoms with Gasteiger partial charge in [0.1, 0.15) is 4.90 Å². The lowest BCUT2D eigenvalue weighted by atomic mass is 10.5. The molecule has 19 heavy (non-hydrogen) atoms. The molecule has 0 aliphatic carbocycles. The second-order valence-corrected chi connectivity index (χ2v) is 8.58. The smallest absolute Gasteiger partial charge is 0.304 e. The Morgan fingerprint density at radius 2 is 2.21 bits per heavy atom. The first-order valence-corrected chi connectivity index (χ1v) is 9.04. The van der Waals surface area contributed by atoms with Crippen LogP contribution >= 0.6 is 38.6 Å². The van der Waals surface area contributed by atoms with Gasteiger partial charge in [-0.3, -0.25) is 4.79 Å². The number of halogens is 1. The summed E-state index contributed by atoms with van der Waals surface area (Å²) in [7, 11) is -3.63. The Morgan fingerprint density at radius 1 is 1.47 bits per heavy atom. The molecule has 0 unspecified atom stereocenters. The minimum Gasteiger partial charge on any atom is -0.326 e. The van der Waals surface area contributed by atoms with Gasteiger partial charge < -0.3 is 10.7 Å². The summed E-state index contributed by atoms with van der Waals surface area (Å²) in [4.78, 5) is 14.2. The van der Waals surface area contributed by atoms with Crippen LogP contribution in [0.2, 0.25) is 0 Å². The van der Waals surface area contributed by atoms with Crippen molar-refractivity contribution < 1.29 is 8.42 Å². The van der Waals surface area contributed by atoms with E-state index >= 15 is 0 Å². The number of rotatable bonds is 5. The summed E-state index contributed by atoms with van der Waals surface area (Å²) in [6.45, 7) is 0.331. The summed E-state index contributed by atoms with van der Waals surface area (Å²) in [6.07, 6.45) is 0. The van der Waals surface area contributed by atoms with Crippen LogP contribution in [-0.4, -0.2) is 13.4 Å². The second-order valence-electron chi connectivity index (χ2n) is 3.55. The lowest BCUT2D eigenvalue weighted by molar-refractivity contribution is 0.580. The van der Waals surface area contributed by atoms with E-state index in [2.05, 4.69) is 25.6 Å². The lowest BCUT2D eigenvalue weighted by Gasteiger charge is -2.03. The Kier molecular flexibility index (Phi) is 4.58. The minimum absolute atomic E-state index is 0.0430. The highest BCUT2D eigenvalue weighted by Crippen LogP contribution is 2.31. The maximum atomic E-state index is 12.1. The van der Waals surface area contributed by atoms with Crippen molar-refractivity contribution in [2.24, 2.45) is 5.73 Å². The number of hydrogen-bond acceptors (Lipinski definition) is 6. The summed E-state index contributed by atoms with van der Waals surface area (Å²) in [5, 5.41) is 1.58. The van der Waals surface area contributed by atoms with Crippen LogP contribution in [0.3, 0.4) is 0 Å². The molecule has 4 N–H and O–H groups in total. The standard InChI is InChI=1S/C9H10BrN3O3S3/c10-8-7(1-6(2-11)18-8)19(15,16)12-3-5-4-17-9(14)13-5/h1,4,12H,2-3,11H2,(H,13,14). The average molecular weight is 384 g/mol. The average Bonchev–Trinajstić information content (AvgIpc) is 2.93. The number of H-pyrrole nitrogens is 1. The van der Waals surface area contributed by atoms with Crippen molar-refractivity contribution in [3.05, 3.63) is 35.5 Å². The van der Waals surface area contributed by atoms with E-state index in [9.17, 15) is 13.2 Å². The van der Waals surface area contributed by atoms with Crippen LogP contribution in [0.4, 0.5) is 0 Å². The third kappa shape index (κ3) is 3.52. The summed E-state index contributed by atoms with van der Waals surface area (Å²) in [6, 6.07) is 1.54. The van der Waals surface area contributed by atoms with E-state index in [4.69, 9.17) is 5.73 Å². The van der Waals surface area contributed by atoms with Gasteiger partial charge in [-0.15, -0.1) is 11.3 Å². The summed E-state index contributed by atoms with van der Waals surface area (Å²) >= 11 is 5.49. The predicted octanol–water partition coefficient (Wildman–Crippen LogP) is 1.20. The van der Waals surface area contributed by atoms with Crippen LogP contribution < -0.4 is 15.3 Å². The minimum atomic E-state index is -3.63. The van der Waals surface area contributed by atoms with Gasteiger partial charge in [0.05, 0.1) is 10.3 Å². The van der Waals surface area contributed by atoms with Gasteiger partial charge in [-0.25, -0.2) is 13.1 Å². The Hall–Kier alpha value is -0.520. The maximum Gasteiger partial charge on any atom is 0.304 e. The molecular weight excluding hydrogens is 374 g/mol. The Labute approximate surface area is 125 Å². The molecule has 0 aliphatic rings. The number of aromatic nitrogens is 1. The highest BCUT2D eigenvalue weighted by Gasteiger charge is 2.20. The highest BCUT2D eigenvalue weighted by molar-refractivity contribution is 9.11. The van der Waals surface area contributed by atoms with Crippen LogP contribution in [0.1, 0.15) is 10.6 Å². The van der Waals surface area contributed by atoms with Crippen LogP contribution in [0.5, 0.6) is 0 Å². The zero-order chi connectivity index (χ0) is 14.0. The van der Waals surface area contributed by atoms with E-state index in [1.54, 1.807) is 5.38 Å². The first kappa shape index (κ1) is 14.9. The lowest BCUT2D eigenvalue weighted by Crippen LogP contribution is -2.23. The van der Waals surface area contributed by atoms with Crippen molar-refractivity contribution in [2.45, 2.75) is 18.0 Å². The summed E-state index contributed by atoms with van der Waals surface area (Å²) in [5.74, 6) is 0. The van der Waals surface area contributed by atoms with Gasteiger partial charge in [-0.05, 0) is 22.0 Å². The van der Waals surface area contributed by atoms with Crippen LogP contribution in [0.25, 0.3) is 0 Å². The maximum absolute atomic E-state index is 12.1. The molecule has 2 rings (SSSR count). The molecule has 2 heterocycles. The molecule has 0 spiro atoms. The molecule has 0 radical (unpaired) electrons. The van der Waals surface area contributed by atoms with E-state index < -0.39 is 10.0 Å². The van der Waals surface area contributed by atoms with E-state index in [1.165, 1.54) is 17.4 Å². The fourth-order valence-corrected chi connectivity index (χ4v) is 5.48. The Morgan fingerprint density at radius 3 is 2.74 bits per heavy atom. The second kappa shape index (κ2) is 5.85. The third-order valence-electron chi connectivity index (χ3n) is 2.22. The van der Waals surface area contributed by atoms with Gasteiger partial charge >= 0.3 is 4.87 Å². The quantitative estimate of drug-likeness (QED) is 0.720. The molecule has 0 bridgehead atoms. The number of nitrogens with two attached hydrogens (primary N) is 1. The van der Waals surface area contributed by atoms with Crippen molar-refractivity contribution in [3.8, 4) is 0 Å². The largest absolute Gasteiger partial charge is 0.326 e. The predicted molar refractivity (Wildman–Crippen MR) is 78.9 cm³/mol. The molecule has 0 saturated carbocycles. The fourth-order valence-electron chi connectivity index (χ4n) is 1.33. The summed E-state index contributed by atoms with van der Waals surface area (Å²) in [5.41, 5.74) is 6.01. The van der Waals surface area contributed by atoms with Crippen molar-refractivity contribution >= 4 is 48.6 Å². The number of sulfonamides is 1. The van der Waals surface area contributed by atoms with E-state index in [-0.39, 0.29) is 22.9 Å². The number of thiophene rings is 1. The Balaban J connectivity index is 2.18. The topological polar surface area (TPSA) is 105 Å². The van der Waals surface area contributed by atoms with Crippen LogP contribution in [0.15, 0.2) is 24.9 Å². The first-order valence-electron chi connectivity index (χ1n) is 5.07. The molecule has 6 nitrogen and oxygen atoms in total. The zero-order valence-electron chi connectivity index (χ0n) is 9.47. The van der Waals surface area contributed by atoms with Gasteiger partial charge in [-0.2, -0.15) is 0 Å². The SMILES string of the molecule is NCc1cc(S(=O)(=O)NCc2csc(=O)[nH]2)c(Br)s1. The monoisotopic (exact) mass is 383 g/mol. The van der Waals surface area contributed by atoms with Gasteiger partial charge in [0.15, 0.2) is 0 Å². The molecule has 0 aliphatic heterocycles. The number of hydrogen-bond donors (Lipinski definition) is 3. The zero-order valence-corrected chi connectivity index (χ0v) is 13.5. The fraction of sp³-hybridized carbons (Fsp3) is 0.222.